The van der Waals surface area contributed by atoms with Crippen molar-refractivity contribution in [1.29, 1.82) is 0 Å². The molecule has 0 fully saturated rings. The molecule has 1 rings (SSSR count). The van der Waals surface area contributed by atoms with Crippen LogP contribution in [0.2, 0.25) is 0 Å². The summed E-state index contributed by atoms with van der Waals surface area (Å²) in [4.78, 5) is 0. The van der Waals surface area contributed by atoms with Crippen molar-refractivity contribution >= 4 is 31.9 Å². The average molecular weight is 351 g/mol. The first kappa shape index (κ1) is 14.0. The van der Waals surface area contributed by atoms with Crippen molar-refractivity contribution in [2.24, 2.45) is 5.73 Å². The van der Waals surface area contributed by atoms with Gasteiger partial charge in [0.2, 0.25) is 0 Å². The van der Waals surface area contributed by atoms with Gasteiger partial charge in [0.05, 0.1) is 0 Å². The number of hydrogen-bond acceptors (Lipinski definition) is 2. The smallest absolute Gasteiger partial charge is 0.147 e. The fraction of sp³-hybridized carbons (Fsp3) is 0.500. The molecule has 1 aromatic rings. The van der Waals surface area contributed by atoms with Crippen LogP contribution in [0.3, 0.4) is 0 Å². The van der Waals surface area contributed by atoms with E-state index >= 15 is 0 Å². The Labute approximate surface area is 114 Å². The van der Waals surface area contributed by atoms with Crippen LogP contribution in [-0.4, -0.2) is 6.23 Å². The standard InChI is InChI=1S/C12H17Br2NO/c1-2-3-4-5-12(15)16-11-7-9(13)6-10(14)8-11/h6-8,12H,2-5,15H2,1H3. The van der Waals surface area contributed by atoms with Crippen LogP contribution < -0.4 is 10.5 Å². The fourth-order valence-electron chi connectivity index (χ4n) is 1.43. The lowest BCUT2D eigenvalue weighted by Gasteiger charge is -2.14. The Morgan fingerprint density at radius 2 is 1.81 bits per heavy atom. The first-order valence-electron chi connectivity index (χ1n) is 5.50. The normalized spacial score (nSPS) is 12.5. The third-order valence-electron chi connectivity index (χ3n) is 2.22. The Balaban J connectivity index is 2.45. The second-order valence-electron chi connectivity index (χ2n) is 3.76. The minimum absolute atomic E-state index is 0.215. The summed E-state index contributed by atoms with van der Waals surface area (Å²) >= 11 is 6.83. The van der Waals surface area contributed by atoms with E-state index in [1.54, 1.807) is 0 Å². The lowest BCUT2D eigenvalue weighted by molar-refractivity contribution is 0.194. The van der Waals surface area contributed by atoms with Crippen LogP contribution in [0.5, 0.6) is 5.75 Å². The molecule has 90 valence electrons. The monoisotopic (exact) mass is 349 g/mol. The topological polar surface area (TPSA) is 35.2 Å². The Kier molecular flexibility index (Phi) is 6.39. The van der Waals surface area contributed by atoms with Crippen molar-refractivity contribution in [2.45, 2.75) is 38.8 Å². The fourth-order valence-corrected chi connectivity index (χ4v) is 2.68. The zero-order valence-electron chi connectivity index (χ0n) is 9.38. The van der Waals surface area contributed by atoms with Gasteiger partial charge in [0.1, 0.15) is 12.0 Å². The highest BCUT2D eigenvalue weighted by atomic mass is 79.9. The molecule has 0 aliphatic rings. The summed E-state index contributed by atoms with van der Waals surface area (Å²) in [7, 11) is 0. The third-order valence-corrected chi connectivity index (χ3v) is 3.13. The van der Waals surface area contributed by atoms with E-state index in [1.165, 1.54) is 12.8 Å². The Bertz CT molecular complexity index is 311. The number of halogens is 2. The average Bonchev–Trinajstić information content (AvgIpc) is 2.16. The minimum atomic E-state index is -0.215. The minimum Gasteiger partial charge on any atom is -0.476 e. The van der Waals surface area contributed by atoms with E-state index < -0.39 is 0 Å². The van der Waals surface area contributed by atoms with Gasteiger partial charge >= 0.3 is 0 Å². The van der Waals surface area contributed by atoms with Crippen LogP contribution in [0, 0.1) is 0 Å². The number of nitrogens with two attached hydrogens (primary N) is 1. The van der Waals surface area contributed by atoms with E-state index in [9.17, 15) is 0 Å². The zero-order valence-corrected chi connectivity index (χ0v) is 12.6. The summed E-state index contributed by atoms with van der Waals surface area (Å²) in [6, 6.07) is 5.81. The van der Waals surface area contributed by atoms with E-state index in [2.05, 4.69) is 38.8 Å². The molecule has 0 radical (unpaired) electrons. The first-order valence-corrected chi connectivity index (χ1v) is 7.08. The van der Waals surface area contributed by atoms with Gasteiger partial charge in [-0.1, -0.05) is 51.6 Å². The summed E-state index contributed by atoms with van der Waals surface area (Å²) in [6.45, 7) is 2.18. The maximum Gasteiger partial charge on any atom is 0.147 e. The Morgan fingerprint density at radius 3 is 2.38 bits per heavy atom. The largest absolute Gasteiger partial charge is 0.476 e. The van der Waals surface area contributed by atoms with Crippen LogP contribution in [-0.2, 0) is 0 Å². The maximum atomic E-state index is 5.89. The Hall–Kier alpha value is -0.0600. The summed E-state index contributed by atoms with van der Waals surface area (Å²) < 4.78 is 7.61. The molecule has 2 N–H and O–H groups in total. The summed E-state index contributed by atoms with van der Waals surface area (Å²) in [6.07, 6.45) is 4.21. The molecular formula is C12H17Br2NO. The maximum absolute atomic E-state index is 5.89. The number of rotatable bonds is 6. The zero-order chi connectivity index (χ0) is 12.0. The first-order chi connectivity index (χ1) is 7.61. The van der Waals surface area contributed by atoms with Crippen molar-refractivity contribution in [2.75, 3.05) is 0 Å². The summed E-state index contributed by atoms with van der Waals surface area (Å²) in [5.41, 5.74) is 5.89. The van der Waals surface area contributed by atoms with Gasteiger partial charge < -0.3 is 4.74 Å². The molecule has 0 aliphatic carbocycles. The van der Waals surface area contributed by atoms with Crippen LogP contribution in [0.25, 0.3) is 0 Å². The van der Waals surface area contributed by atoms with E-state index in [4.69, 9.17) is 10.5 Å². The second kappa shape index (κ2) is 7.30. The molecular weight excluding hydrogens is 334 g/mol. The highest BCUT2D eigenvalue weighted by Crippen LogP contribution is 2.25. The number of unbranched alkanes of at least 4 members (excludes halogenated alkanes) is 2. The van der Waals surface area contributed by atoms with E-state index in [0.29, 0.717) is 0 Å². The molecule has 1 aromatic carbocycles. The van der Waals surface area contributed by atoms with Gasteiger partial charge in [-0.25, -0.2) is 0 Å². The molecule has 0 bridgehead atoms. The van der Waals surface area contributed by atoms with Crippen molar-refractivity contribution in [3.63, 3.8) is 0 Å². The molecule has 2 nitrogen and oxygen atoms in total. The van der Waals surface area contributed by atoms with Gasteiger partial charge in [-0.05, 0) is 31.0 Å². The highest BCUT2D eigenvalue weighted by Gasteiger charge is 2.05. The van der Waals surface area contributed by atoms with Crippen molar-refractivity contribution < 1.29 is 4.74 Å². The predicted molar refractivity (Wildman–Crippen MR) is 74.6 cm³/mol. The summed E-state index contributed by atoms with van der Waals surface area (Å²) in [5, 5.41) is 0. The lowest BCUT2D eigenvalue weighted by atomic mass is 10.2. The van der Waals surface area contributed by atoms with Crippen LogP contribution in [0.4, 0.5) is 0 Å². The molecule has 0 saturated carbocycles. The quantitative estimate of drug-likeness (QED) is 0.607. The van der Waals surface area contributed by atoms with Gasteiger partial charge in [0.15, 0.2) is 0 Å². The summed E-state index contributed by atoms with van der Waals surface area (Å²) in [5.74, 6) is 0.797. The molecule has 0 amide bonds. The van der Waals surface area contributed by atoms with Crippen LogP contribution in [0.1, 0.15) is 32.6 Å². The SMILES string of the molecule is CCCCCC(N)Oc1cc(Br)cc(Br)c1. The number of ether oxygens (including phenoxy) is 1. The second-order valence-corrected chi connectivity index (χ2v) is 5.59. The van der Waals surface area contributed by atoms with Crippen molar-refractivity contribution in [1.82, 2.24) is 0 Å². The molecule has 0 aliphatic heterocycles. The van der Waals surface area contributed by atoms with E-state index in [0.717, 1.165) is 27.5 Å². The van der Waals surface area contributed by atoms with Crippen molar-refractivity contribution in [3.8, 4) is 5.75 Å². The molecule has 1 unspecified atom stereocenters. The lowest BCUT2D eigenvalue weighted by Crippen LogP contribution is -2.26. The molecule has 0 spiro atoms. The van der Waals surface area contributed by atoms with E-state index in [1.807, 2.05) is 18.2 Å². The molecule has 0 saturated heterocycles. The molecule has 0 aromatic heterocycles. The van der Waals surface area contributed by atoms with Gasteiger partial charge in [0, 0.05) is 8.95 Å². The van der Waals surface area contributed by atoms with Gasteiger partial charge in [-0.3, -0.25) is 5.73 Å². The highest BCUT2D eigenvalue weighted by molar-refractivity contribution is 9.11. The number of benzene rings is 1. The molecule has 4 heteroatoms. The van der Waals surface area contributed by atoms with Gasteiger partial charge in [-0.15, -0.1) is 0 Å². The van der Waals surface area contributed by atoms with Gasteiger partial charge in [0.25, 0.3) is 0 Å². The van der Waals surface area contributed by atoms with Crippen LogP contribution >= 0.6 is 31.9 Å². The third kappa shape index (κ3) is 5.32. The van der Waals surface area contributed by atoms with Gasteiger partial charge in [-0.2, -0.15) is 0 Å². The number of hydrogen-bond donors (Lipinski definition) is 1. The Morgan fingerprint density at radius 1 is 1.19 bits per heavy atom. The molecule has 1 atom stereocenters. The predicted octanol–water partition coefficient (Wildman–Crippen LogP) is 4.46. The van der Waals surface area contributed by atoms with E-state index in [-0.39, 0.29) is 6.23 Å². The molecule has 0 heterocycles. The molecule has 16 heavy (non-hydrogen) atoms. The van der Waals surface area contributed by atoms with Crippen LogP contribution in [0.15, 0.2) is 27.1 Å². The van der Waals surface area contributed by atoms with Crippen molar-refractivity contribution in [3.05, 3.63) is 27.1 Å².